The average Bonchev–Trinajstić information content (AvgIpc) is 3.32. The first-order valence-corrected chi connectivity index (χ1v) is 13.3. The van der Waals surface area contributed by atoms with Crippen LogP contribution in [0.3, 0.4) is 0 Å². The molecule has 202 valence electrons. The second-order valence-corrected chi connectivity index (χ2v) is 9.66. The lowest BCUT2D eigenvalue weighted by molar-refractivity contribution is -0.141. The van der Waals surface area contributed by atoms with Crippen LogP contribution in [0.5, 0.6) is 0 Å². The molecule has 1 saturated carbocycles. The smallest absolute Gasteiger partial charge is 0.330 e. The van der Waals surface area contributed by atoms with Crippen molar-refractivity contribution in [3.05, 3.63) is 86.0 Å². The zero-order chi connectivity index (χ0) is 27.2. The molecule has 0 radical (unpaired) electrons. The highest BCUT2D eigenvalue weighted by molar-refractivity contribution is 6.20. The molecule has 0 bridgehead atoms. The number of esters is 2. The maximum atomic E-state index is 11.4. The van der Waals surface area contributed by atoms with Gasteiger partial charge in [-0.1, -0.05) is 61.7 Å². The molecule has 7 heteroatoms. The first kappa shape index (κ1) is 26.7. The summed E-state index contributed by atoms with van der Waals surface area (Å²) in [4.78, 5) is 22.8. The Bertz CT molecular complexity index is 1470. The van der Waals surface area contributed by atoms with E-state index in [1.165, 1.54) is 32.6 Å². The second-order valence-electron chi connectivity index (χ2n) is 9.66. The van der Waals surface area contributed by atoms with E-state index in [0.29, 0.717) is 19.6 Å². The molecular formula is C32H33NO6. The largest absolute Gasteiger partial charge is 0.460 e. The molecule has 0 amide bonds. The molecule has 4 aromatic rings. The zero-order valence-electron chi connectivity index (χ0n) is 21.9. The molecule has 1 aromatic heterocycles. The highest BCUT2D eigenvalue weighted by Crippen LogP contribution is 2.41. The summed E-state index contributed by atoms with van der Waals surface area (Å²) in [5, 5.41) is 4.91. The third-order valence-electron chi connectivity index (χ3n) is 7.26. The molecule has 1 aliphatic rings. The van der Waals surface area contributed by atoms with Crippen molar-refractivity contribution in [1.29, 1.82) is 0 Å². The molecule has 0 aliphatic heterocycles. The highest BCUT2D eigenvalue weighted by Gasteiger charge is 2.33. The summed E-state index contributed by atoms with van der Waals surface area (Å²) >= 11 is 0. The van der Waals surface area contributed by atoms with Gasteiger partial charge in [-0.05, 0) is 42.2 Å². The van der Waals surface area contributed by atoms with Crippen molar-refractivity contribution < 1.29 is 28.5 Å². The van der Waals surface area contributed by atoms with Gasteiger partial charge >= 0.3 is 11.9 Å². The van der Waals surface area contributed by atoms with Gasteiger partial charge in [0.25, 0.3) is 0 Å². The van der Waals surface area contributed by atoms with E-state index in [1.807, 2.05) is 0 Å². The van der Waals surface area contributed by atoms with Gasteiger partial charge < -0.3 is 23.5 Å². The summed E-state index contributed by atoms with van der Waals surface area (Å²) < 4.78 is 25.0. The average molecular weight is 528 g/mol. The maximum absolute atomic E-state index is 11.4. The molecule has 39 heavy (non-hydrogen) atoms. The molecule has 5 rings (SSSR count). The second kappa shape index (κ2) is 12.3. The van der Waals surface area contributed by atoms with E-state index in [9.17, 15) is 9.59 Å². The molecule has 1 aliphatic carbocycles. The fourth-order valence-corrected chi connectivity index (χ4v) is 5.67. The molecule has 1 heterocycles. The van der Waals surface area contributed by atoms with E-state index in [2.05, 4.69) is 78.4 Å². The Morgan fingerprint density at radius 3 is 1.95 bits per heavy atom. The van der Waals surface area contributed by atoms with Gasteiger partial charge in [0, 0.05) is 34.5 Å². The van der Waals surface area contributed by atoms with Gasteiger partial charge in [0.05, 0.1) is 30.9 Å². The van der Waals surface area contributed by atoms with E-state index >= 15 is 0 Å². The fourth-order valence-electron chi connectivity index (χ4n) is 5.67. The van der Waals surface area contributed by atoms with Gasteiger partial charge in [-0.2, -0.15) is 0 Å². The van der Waals surface area contributed by atoms with Crippen LogP contribution in [0.4, 0.5) is 0 Å². The van der Waals surface area contributed by atoms with Crippen molar-refractivity contribution in [2.75, 3.05) is 26.4 Å². The summed E-state index contributed by atoms with van der Waals surface area (Å²) in [5.41, 5.74) is 2.35. The molecule has 2 atom stereocenters. The van der Waals surface area contributed by atoms with Crippen LogP contribution in [-0.4, -0.2) is 55.1 Å². The lowest BCUT2D eigenvalue weighted by Gasteiger charge is -2.36. The number of para-hydroxylation sites is 1. The molecule has 0 saturated heterocycles. The number of benzene rings is 3. The Balaban J connectivity index is 1.44. The normalized spacial score (nSPS) is 19.2. The van der Waals surface area contributed by atoms with Crippen molar-refractivity contribution in [3.8, 4) is 0 Å². The van der Waals surface area contributed by atoms with Crippen molar-refractivity contribution >= 4 is 44.5 Å². The van der Waals surface area contributed by atoms with Crippen LogP contribution >= 0.6 is 0 Å². The standard InChI is InChI=1S/C32H33NO6/c1-3-30(34)38-17-15-36-24-19-23(20-25(21-24)37-16-18-39-31(35)4-2)33-28-12-8-7-11-27(28)32-26-10-6-5-9-22(26)13-14-29(32)33/h3-14,23-25H,1-2,15-21H2. The predicted octanol–water partition coefficient (Wildman–Crippen LogP) is 5.90. The number of fused-ring (bicyclic) bond motifs is 5. The van der Waals surface area contributed by atoms with Crippen LogP contribution in [0.25, 0.3) is 32.6 Å². The van der Waals surface area contributed by atoms with Crippen LogP contribution in [0.2, 0.25) is 0 Å². The van der Waals surface area contributed by atoms with E-state index in [0.717, 1.165) is 25.0 Å². The summed E-state index contributed by atoms with van der Waals surface area (Å²) in [5.74, 6) is -0.930. The Hall–Kier alpha value is -3.94. The number of hydrogen-bond donors (Lipinski definition) is 0. The highest BCUT2D eigenvalue weighted by atomic mass is 16.6. The van der Waals surface area contributed by atoms with Gasteiger partial charge in [0.15, 0.2) is 0 Å². The van der Waals surface area contributed by atoms with Gasteiger partial charge in [-0.3, -0.25) is 0 Å². The number of aromatic nitrogens is 1. The lowest BCUT2D eigenvalue weighted by Crippen LogP contribution is -2.35. The Labute approximate surface area is 227 Å². The van der Waals surface area contributed by atoms with Crippen molar-refractivity contribution in [1.82, 2.24) is 4.57 Å². The van der Waals surface area contributed by atoms with E-state index in [-0.39, 0.29) is 31.5 Å². The minimum absolute atomic E-state index is 0.0939. The summed E-state index contributed by atoms with van der Waals surface area (Å²) in [7, 11) is 0. The van der Waals surface area contributed by atoms with Crippen LogP contribution in [0, 0.1) is 0 Å². The molecule has 0 spiro atoms. The molecule has 7 nitrogen and oxygen atoms in total. The van der Waals surface area contributed by atoms with Crippen molar-refractivity contribution in [3.63, 3.8) is 0 Å². The number of nitrogens with zero attached hydrogens (tertiary/aromatic N) is 1. The summed E-state index contributed by atoms with van der Waals surface area (Å²) in [6.45, 7) is 7.76. The monoisotopic (exact) mass is 527 g/mol. The van der Waals surface area contributed by atoms with Crippen molar-refractivity contribution in [2.45, 2.75) is 37.5 Å². The Kier molecular flexibility index (Phi) is 8.39. The molecule has 3 aromatic carbocycles. The Morgan fingerprint density at radius 1 is 0.718 bits per heavy atom. The SMILES string of the molecule is C=CC(=O)OCCOC1CC(OCCOC(=O)C=C)CC(n2c3ccccc3c3c4ccccc4ccc32)C1. The van der Waals surface area contributed by atoms with Gasteiger partial charge in [-0.15, -0.1) is 0 Å². The third-order valence-corrected chi connectivity index (χ3v) is 7.26. The number of rotatable bonds is 11. The Morgan fingerprint density at radius 2 is 1.31 bits per heavy atom. The fraction of sp³-hybridized carbons (Fsp3) is 0.312. The first-order valence-electron chi connectivity index (χ1n) is 13.3. The number of carbonyl (C=O) groups excluding carboxylic acids is 2. The van der Waals surface area contributed by atoms with Crippen LogP contribution in [0.1, 0.15) is 25.3 Å². The minimum atomic E-state index is -0.465. The van der Waals surface area contributed by atoms with Crippen molar-refractivity contribution in [2.24, 2.45) is 0 Å². The maximum Gasteiger partial charge on any atom is 0.330 e. The topological polar surface area (TPSA) is 76.0 Å². The third kappa shape index (κ3) is 5.90. The molecular weight excluding hydrogens is 494 g/mol. The van der Waals surface area contributed by atoms with E-state index in [4.69, 9.17) is 18.9 Å². The summed E-state index contributed by atoms with van der Waals surface area (Å²) in [6.07, 6.45) is 4.38. The summed E-state index contributed by atoms with van der Waals surface area (Å²) in [6, 6.07) is 21.5. The number of hydrogen-bond acceptors (Lipinski definition) is 6. The van der Waals surface area contributed by atoms with Gasteiger partial charge in [-0.25, -0.2) is 9.59 Å². The lowest BCUT2D eigenvalue weighted by atomic mass is 9.89. The zero-order valence-corrected chi connectivity index (χ0v) is 21.9. The van der Waals surface area contributed by atoms with Crippen LogP contribution in [-0.2, 0) is 28.5 Å². The van der Waals surface area contributed by atoms with Crippen LogP contribution < -0.4 is 0 Å². The molecule has 0 N–H and O–H groups in total. The minimum Gasteiger partial charge on any atom is -0.460 e. The molecule has 2 unspecified atom stereocenters. The number of ether oxygens (including phenoxy) is 4. The van der Waals surface area contributed by atoms with E-state index in [1.54, 1.807) is 0 Å². The van der Waals surface area contributed by atoms with Gasteiger partial charge in [0.2, 0.25) is 0 Å². The quantitative estimate of drug-likeness (QED) is 0.137. The van der Waals surface area contributed by atoms with Crippen LogP contribution in [0.15, 0.2) is 86.0 Å². The first-order chi connectivity index (χ1) is 19.1. The van der Waals surface area contributed by atoms with E-state index < -0.39 is 11.9 Å². The number of carbonyl (C=O) groups is 2. The van der Waals surface area contributed by atoms with Gasteiger partial charge in [0.1, 0.15) is 13.2 Å². The molecule has 1 fully saturated rings. The predicted molar refractivity (Wildman–Crippen MR) is 152 cm³/mol.